The largest absolute Gasteiger partial charge is 0.479 e. The van der Waals surface area contributed by atoms with Crippen LogP contribution < -0.4 is 5.32 Å². The Bertz CT molecular complexity index is 1070. The number of carbonyl (C=O) groups is 3. The summed E-state index contributed by atoms with van der Waals surface area (Å²) < 4.78 is 5.55. The normalized spacial score (nSPS) is 19.4. The van der Waals surface area contributed by atoms with Gasteiger partial charge in [-0.1, -0.05) is 62.4 Å². The molecule has 1 saturated heterocycles. The number of nitrogens with one attached hydrogen (secondary N) is 1. The van der Waals surface area contributed by atoms with Crippen molar-refractivity contribution in [3.8, 4) is 11.1 Å². The molecule has 3 N–H and O–H groups in total. The summed E-state index contributed by atoms with van der Waals surface area (Å²) in [5.74, 6) is -1.61. The number of carbonyl (C=O) groups excluding carboxylic acids is 2. The van der Waals surface area contributed by atoms with Crippen LogP contribution in [0.15, 0.2) is 48.5 Å². The zero-order valence-electron chi connectivity index (χ0n) is 19.4. The van der Waals surface area contributed by atoms with Crippen LogP contribution in [0.5, 0.6) is 0 Å². The van der Waals surface area contributed by atoms with E-state index in [0.29, 0.717) is 0 Å². The Labute approximate surface area is 198 Å². The summed E-state index contributed by atoms with van der Waals surface area (Å²) in [7, 11) is 0. The van der Waals surface area contributed by atoms with Crippen molar-refractivity contribution in [3.05, 3.63) is 59.7 Å². The maximum atomic E-state index is 12.6. The summed E-state index contributed by atoms with van der Waals surface area (Å²) in [4.78, 5) is 37.6. The van der Waals surface area contributed by atoms with Crippen molar-refractivity contribution in [3.63, 3.8) is 0 Å². The molecule has 4 rings (SSSR count). The number of ether oxygens (including phenoxy) is 1. The van der Waals surface area contributed by atoms with Crippen molar-refractivity contribution < 1.29 is 29.3 Å². The third-order valence-corrected chi connectivity index (χ3v) is 6.68. The zero-order chi connectivity index (χ0) is 24.5. The second-order valence-electron chi connectivity index (χ2n) is 9.92. The number of aliphatic carboxylic acids is 1. The number of alkyl carbamates (subject to hydrolysis) is 1. The highest BCUT2D eigenvalue weighted by atomic mass is 16.5. The number of carboxylic acids is 1. The molecule has 1 fully saturated rings. The number of benzene rings is 2. The van der Waals surface area contributed by atoms with Crippen LogP contribution in [-0.2, 0) is 14.3 Å². The molecule has 1 heterocycles. The van der Waals surface area contributed by atoms with Crippen LogP contribution in [0.25, 0.3) is 11.1 Å². The topological polar surface area (TPSA) is 116 Å². The van der Waals surface area contributed by atoms with Gasteiger partial charge in [0.2, 0.25) is 5.91 Å². The van der Waals surface area contributed by atoms with Gasteiger partial charge in [-0.3, -0.25) is 4.79 Å². The van der Waals surface area contributed by atoms with Gasteiger partial charge >= 0.3 is 12.1 Å². The Kier molecular flexibility index (Phi) is 6.36. The number of nitrogens with zero attached hydrogens (tertiary/aromatic N) is 1. The molecule has 0 bridgehead atoms. The maximum Gasteiger partial charge on any atom is 0.407 e. The second-order valence-corrected chi connectivity index (χ2v) is 9.92. The Balaban J connectivity index is 1.29. The van der Waals surface area contributed by atoms with E-state index in [-0.39, 0.29) is 50.9 Å². The number of rotatable bonds is 7. The number of hydrogen-bond donors (Lipinski definition) is 3. The lowest BCUT2D eigenvalue weighted by molar-refractivity contribution is -0.157. The smallest absolute Gasteiger partial charge is 0.407 e. The first kappa shape index (κ1) is 23.8. The Hall–Kier alpha value is -3.39. The number of hydrogen-bond acceptors (Lipinski definition) is 5. The van der Waals surface area contributed by atoms with Crippen LogP contribution in [0.3, 0.4) is 0 Å². The SMILES string of the molecule is CC(C)(CNC(=O)OCC1c2ccccc2-c2ccccc21)CC(=O)N1CCC(O)(C(=O)O)C1. The van der Waals surface area contributed by atoms with Crippen molar-refractivity contribution in [1.29, 1.82) is 0 Å². The lowest BCUT2D eigenvalue weighted by atomic mass is 9.88. The first-order chi connectivity index (χ1) is 16.1. The Morgan fingerprint density at radius 1 is 1.09 bits per heavy atom. The van der Waals surface area contributed by atoms with Crippen molar-refractivity contribution in [1.82, 2.24) is 10.2 Å². The van der Waals surface area contributed by atoms with Gasteiger partial charge in [0.15, 0.2) is 5.60 Å². The summed E-state index contributed by atoms with van der Waals surface area (Å²) in [6.07, 6.45) is -0.442. The first-order valence-electron chi connectivity index (χ1n) is 11.4. The fourth-order valence-corrected chi connectivity index (χ4v) is 4.73. The van der Waals surface area contributed by atoms with Gasteiger partial charge in [-0.15, -0.1) is 0 Å². The molecule has 8 heteroatoms. The summed E-state index contributed by atoms with van der Waals surface area (Å²) in [6, 6.07) is 16.2. The highest BCUT2D eigenvalue weighted by Gasteiger charge is 2.45. The minimum atomic E-state index is -1.89. The number of amides is 2. The molecular formula is C26H30N2O6. The molecule has 180 valence electrons. The average molecular weight is 467 g/mol. The van der Waals surface area contributed by atoms with E-state index in [0.717, 1.165) is 22.3 Å². The molecule has 1 atom stereocenters. The molecule has 0 radical (unpaired) electrons. The predicted octanol–water partition coefficient (Wildman–Crippen LogP) is 2.99. The number of likely N-dealkylation sites (tertiary alicyclic amines) is 1. The third-order valence-electron chi connectivity index (χ3n) is 6.68. The van der Waals surface area contributed by atoms with E-state index in [2.05, 4.69) is 29.6 Å². The second kappa shape index (κ2) is 9.10. The predicted molar refractivity (Wildman–Crippen MR) is 125 cm³/mol. The molecule has 2 aromatic carbocycles. The lowest BCUT2D eigenvalue weighted by Crippen LogP contribution is -2.44. The quantitative estimate of drug-likeness (QED) is 0.578. The molecule has 2 amide bonds. The van der Waals surface area contributed by atoms with Crippen LogP contribution in [0.2, 0.25) is 0 Å². The number of carboxylic acid groups (broad SMARTS) is 1. The Morgan fingerprint density at radius 2 is 1.68 bits per heavy atom. The number of β-amino-alcohol motifs (C(OH)–C–C–N with tert-alkyl or cyclic N) is 1. The molecule has 0 spiro atoms. The molecule has 34 heavy (non-hydrogen) atoms. The summed E-state index contributed by atoms with van der Waals surface area (Å²) in [5.41, 5.74) is 2.11. The van der Waals surface area contributed by atoms with E-state index in [1.165, 1.54) is 4.90 Å². The fourth-order valence-electron chi connectivity index (χ4n) is 4.73. The van der Waals surface area contributed by atoms with Crippen LogP contribution in [-0.4, -0.2) is 64.9 Å². The molecule has 0 aromatic heterocycles. The third kappa shape index (κ3) is 4.77. The van der Waals surface area contributed by atoms with Crippen molar-refractivity contribution in [2.45, 2.75) is 38.2 Å². The highest BCUT2D eigenvalue weighted by molar-refractivity contribution is 5.82. The minimum Gasteiger partial charge on any atom is -0.479 e. The maximum absolute atomic E-state index is 12.6. The van der Waals surface area contributed by atoms with E-state index in [9.17, 15) is 19.5 Å². The zero-order valence-corrected chi connectivity index (χ0v) is 19.4. The standard InChI is InChI=1S/C26H30N2O6/c1-25(2,13-22(29)28-12-11-26(33,16-28)23(30)31)15-27-24(32)34-14-21-19-9-5-3-7-17(19)18-8-4-6-10-20(18)21/h3-10,21,33H,11-16H2,1-2H3,(H,27,32)(H,30,31). The van der Waals surface area contributed by atoms with Crippen LogP contribution in [0.1, 0.15) is 43.7 Å². The van der Waals surface area contributed by atoms with Gasteiger partial charge in [-0.05, 0) is 27.7 Å². The van der Waals surface area contributed by atoms with E-state index < -0.39 is 23.1 Å². The van der Waals surface area contributed by atoms with Gasteiger partial charge in [0, 0.05) is 31.8 Å². The van der Waals surface area contributed by atoms with Crippen molar-refractivity contribution in [2.75, 3.05) is 26.2 Å². The van der Waals surface area contributed by atoms with Crippen LogP contribution >= 0.6 is 0 Å². The monoisotopic (exact) mass is 466 g/mol. The van der Waals surface area contributed by atoms with Gasteiger partial charge in [-0.2, -0.15) is 0 Å². The molecule has 0 saturated carbocycles. The molecule has 1 aliphatic carbocycles. The minimum absolute atomic E-state index is 0.00645. The number of fused-ring (bicyclic) bond motifs is 3. The van der Waals surface area contributed by atoms with Crippen LogP contribution in [0.4, 0.5) is 4.79 Å². The van der Waals surface area contributed by atoms with Gasteiger partial charge in [0.25, 0.3) is 0 Å². The van der Waals surface area contributed by atoms with E-state index >= 15 is 0 Å². The summed E-state index contributed by atoms with van der Waals surface area (Å²) in [5, 5.41) is 22.0. The molecule has 2 aromatic rings. The van der Waals surface area contributed by atoms with E-state index in [1.54, 1.807) is 0 Å². The first-order valence-corrected chi connectivity index (χ1v) is 11.4. The van der Waals surface area contributed by atoms with E-state index in [1.807, 2.05) is 38.1 Å². The molecule has 2 aliphatic rings. The highest BCUT2D eigenvalue weighted by Crippen LogP contribution is 2.44. The van der Waals surface area contributed by atoms with Crippen molar-refractivity contribution >= 4 is 18.0 Å². The molecule has 1 unspecified atom stereocenters. The van der Waals surface area contributed by atoms with Gasteiger partial charge in [-0.25, -0.2) is 9.59 Å². The van der Waals surface area contributed by atoms with Gasteiger partial charge in [0.05, 0.1) is 6.54 Å². The van der Waals surface area contributed by atoms with E-state index in [4.69, 9.17) is 9.84 Å². The summed E-state index contributed by atoms with van der Waals surface area (Å²) in [6.45, 7) is 4.07. The fraction of sp³-hybridized carbons (Fsp3) is 0.423. The summed E-state index contributed by atoms with van der Waals surface area (Å²) >= 11 is 0. The molecule has 8 nitrogen and oxygen atoms in total. The van der Waals surface area contributed by atoms with Crippen molar-refractivity contribution in [2.24, 2.45) is 5.41 Å². The number of aliphatic hydroxyl groups is 1. The van der Waals surface area contributed by atoms with Crippen LogP contribution in [0, 0.1) is 5.41 Å². The molecule has 1 aliphatic heterocycles. The van der Waals surface area contributed by atoms with Gasteiger partial charge in [0.1, 0.15) is 6.61 Å². The van der Waals surface area contributed by atoms with Gasteiger partial charge < -0.3 is 25.2 Å². The Morgan fingerprint density at radius 3 is 2.24 bits per heavy atom. The molecular weight excluding hydrogens is 436 g/mol. The average Bonchev–Trinajstić information content (AvgIpc) is 3.36. The lowest BCUT2D eigenvalue weighted by Gasteiger charge is -2.27.